The minimum absolute atomic E-state index is 0.606. The Labute approximate surface area is 103 Å². The Morgan fingerprint density at radius 3 is 2.67 bits per heavy atom. The van der Waals surface area contributed by atoms with E-state index in [9.17, 15) is 0 Å². The highest BCUT2D eigenvalue weighted by molar-refractivity contribution is 9.10. The van der Waals surface area contributed by atoms with E-state index in [-0.39, 0.29) is 0 Å². The standard InChI is InChI=1S/C11H15BrN2S/c12-10-5-9(8-13)6-11(7-10)14-1-3-15-4-2-14/h5-7H,1-4,8,13H2. The van der Waals surface area contributed by atoms with Gasteiger partial charge in [0.1, 0.15) is 0 Å². The second-order valence-corrected chi connectivity index (χ2v) is 5.76. The van der Waals surface area contributed by atoms with Gasteiger partial charge >= 0.3 is 0 Å². The topological polar surface area (TPSA) is 29.3 Å². The zero-order chi connectivity index (χ0) is 10.7. The van der Waals surface area contributed by atoms with Crippen LogP contribution in [0.5, 0.6) is 0 Å². The summed E-state index contributed by atoms with van der Waals surface area (Å²) >= 11 is 5.56. The first kappa shape index (κ1) is 11.3. The van der Waals surface area contributed by atoms with Crippen LogP contribution in [-0.2, 0) is 6.54 Å². The summed E-state index contributed by atoms with van der Waals surface area (Å²) in [5.41, 5.74) is 8.16. The first-order valence-electron chi connectivity index (χ1n) is 5.12. The average molecular weight is 287 g/mol. The van der Waals surface area contributed by atoms with Gasteiger partial charge in [-0.15, -0.1) is 0 Å². The third kappa shape index (κ3) is 2.89. The summed E-state index contributed by atoms with van der Waals surface area (Å²) < 4.78 is 1.12. The second-order valence-electron chi connectivity index (χ2n) is 3.62. The molecule has 0 radical (unpaired) electrons. The van der Waals surface area contributed by atoms with Crippen LogP contribution < -0.4 is 10.6 Å². The lowest BCUT2D eigenvalue weighted by atomic mass is 10.2. The van der Waals surface area contributed by atoms with Crippen LogP contribution in [0.2, 0.25) is 0 Å². The maximum Gasteiger partial charge on any atom is 0.0381 e. The molecular formula is C11H15BrN2S. The third-order valence-electron chi connectivity index (χ3n) is 2.55. The van der Waals surface area contributed by atoms with Gasteiger partial charge in [-0.2, -0.15) is 11.8 Å². The van der Waals surface area contributed by atoms with E-state index >= 15 is 0 Å². The number of nitrogens with zero attached hydrogens (tertiary/aromatic N) is 1. The van der Waals surface area contributed by atoms with E-state index in [1.807, 2.05) is 11.8 Å². The highest BCUT2D eigenvalue weighted by atomic mass is 79.9. The predicted octanol–water partition coefficient (Wildman–Crippen LogP) is 2.46. The quantitative estimate of drug-likeness (QED) is 0.906. The van der Waals surface area contributed by atoms with Crippen molar-refractivity contribution in [3.63, 3.8) is 0 Å². The van der Waals surface area contributed by atoms with E-state index in [2.05, 4.69) is 39.0 Å². The molecule has 0 aliphatic carbocycles. The average Bonchev–Trinajstić information content (AvgIpc) is 2.29. The van der Waals surface area contributed by atoms with Crippen molar-refractivity contribution in [3.05, 3.63) is 28.2 Å². The van der Waals surface area contributed by atoms with Crippen LogP contribution in [0.15, 0.2) is 22.7 Å². The van der Waals surface area contributed by atoms with Gasteiger partial charge in [0.05, 0.1) is 0 Å². The second kappa shape index (κ2) is 5.23. The van der Waals surface area contributed by atoms with Crippen molar-refractivity contribution < 1.29 is 0 Å². The van der Waals surface area contributed by atoms with Crippen molar-refractivity contribution in [1.82, 2.24) is 0 Å². The summed E-state index contributed by atoms with van der Waals surface area (Å²) in [7, 11) is 0. The van der Waals surface area contributed by atoms with Gasteiger partial charge in [0, 0.05) is 41.3 Å². The lowest BCUT2D eigenvalue weighted by molar-refractivity contribution is 0.856. The van der Waals surface area contributed by atoms with E-state index in [4.69, 9.17) is 5.73 Å². The molecule has 0 aromatic heterocycles. The molecule has 1 fully saturated rings. The van der Waals surface area contributed by atoms with Gasteiger partial charge in [-0.3, -0.25) is 0 Å². The Morgan fingerprint density at radius 2 is 2.00 bits per heavy atom. The first-order chi connectivity index (χ1) is 7.29. The van der Waals surface area contributed by atoms with E-state index in [1.165, 1.54) is 22.8 Å². The Kier molecular flexibility index (Phi) is 3.94. The summed E-state index contributed by atoms with van der Waals surface area (Å²) in [6.07, 6.45) is 0. The van der Waals surface area contributed by atoms with Crippen LogP contribution in [0.1, 0.15) is 5.56 Å². The Balaban J connectivity index is 2.22. The molecule has 0 unspecified atom stereocenters. The van der Waals surface area contributed by atoms with Crippen LogP contribution in [0.25, 0.3) is 0 Å². The van der Waals surface area contributed by atoms with Gasteiger partial charge in [0.2, 0.25) is 0 Å². The highest BCUT2D eigenvalue weighted by Gasteiger charge is 2.11. The largest absolute Gasteiger partial charge is 0.370 e. The third-order valence-corrected chi connectivity index (χ3v) is 3.95. The first-order valence-corrected chi connectivity index (χ1v) is 7.06. The molecule has 0 spiro atoms. The van der Waals surface area contributed by atoms with Crippen molar-refractivity contribution in [2.45, 2.75) is 6.54 Å². The van der Waals surface area contributed by atoms with Crippen molar-refractivity contribution in [1.29, 1.82) is 0 Å². The molecule has 1 saturated heterocycles. The van der Waals surface area contributed by atoms with Gasteiger partial charge < -0.3 is 10.6 Å². The Morgan fingerprint density at radius 1 is 1.27 bits per heavy atom. The predicted molar refractivity (Wildman–Crippen MR) is 71.6 cm³/mol. The molecule has 82 valence electrons. The molecule has 1 aromatic rings. The lowest BCUT2D eigenvalue weighted by Crippen LogP contribution is -2.32. The fraction of sp³-hybridized carbons (Fsp3) is 0.455. The molecule has 1 aliphatic heterocycles. The zero-order valence-electron chi connectivity index (χ0n) is 8.58. The van der Waals surface area contributed by atoms with Crippen molar-refractivity contribution in [2.24, 2.45) is 5.73 Å². The van der Waals surface area contributed by atoms with Crippen molar-refractivity contribution in [2.75, 3.05) is 29.5 Å². The van der Waals surface area contributed by atoms with Gasteiger partial charge in [-0.25, -0.2) is 0 Å². The molecule has 1 heterocycles. The molecular weight excluding hydrogens is 272 g/mol. The van der Waals surface area contributed by atoms with Crippen LogP contribution in [0, 0.1) is 0 Å². The number of benzene rings is 1. The van der Waals surface area contributed by atoms with Gasteiger partial charge in [-0.05, 0) is 23.8 Å². The molecule has 1 aromatic carbocycles. The summed E-state index contributed by atoms with van der Waals surface area (Å²) in [4.78, 5) is 2.43. The smallest absolute Gasteiger partial charge is 0.0381 e. The Bertz CT molecular complexity index is 337. The van der Waals surface area contributed by atoms with Crippen molar-refractivity contribution in [3.8, 4) is 0 Å². The maximum absolute atomic E-state index is 5.67. The normalized spacial score (nSPS) is 16.8. The SMILES string of the molecule is NCc1cc(Br)cc(N2CCSCC2)c1. The monoisotopic (exact) mass is 286 g/mol. The number of rotatable bonds is 2. The fourth-order valence-electron chi connectivity index (χ4n) is 1.76. The van der Waals surface area contributed by atoms with E-state index in [1.54, 1.807) is 0 Å². The number of thioether (sulfide) groups is 1. The fourth-order valence-corrected chi connectivity index (χ4v) is 3.19. The number of hydrogen-bond acceptors (Lipinski definition) is 3. The van der Waals surface area contributed by atoms with Gasteiger partial charge in [0.15, 0.2) is 0 Å². The number of halogens is 1. The van der Waals surface area contributed by atoms with E-state index < -0.39 is 0 Å². The molecule has 2 nitrogen and oxygen atoms in total. The minimum atomic E-state index is 0.606. The summed E-state index contributed by atoms with van der Waals surface area (Å²) in [5, 5.41) is 0. The summed E-state index contributed by atoms with van der Waals surface area (Å²) in [6.45, 7) is 2.89. The van der Waals surface area contributed by atoms with Crippen LogP contribution >= 0.6 is 27.7 Å². The molecule has 15 heavy (non-hydrogen) atoms. The van der Waals surface area contributed by atoms with Crippen LogP contribution in [0.4, 0.5) is 5.69 Å². The molecule has 0 amide bonds. The van der Waals surface area contributed by atoms with Crippen molar-refractivity contribution >= 4 is 33.4 Å². The Hall–Kier alpha value is -0.190. The van der Waals surface area contributed by atoms with E-state index in [0.717, 1.165) is 17.6 Å². The molecule has 1 aliphatic rings. The molecule has 0 saturated carbocycles. The zero-order valence-corrected chi connectivity index (χ0v) is 11.0. The number of hydrogen-bond donors (Lipinski definition) is 1. The highest BCUT2D eigenvalue weighted by Crippen LogP contribution is 2.25. The van der Waals surface area contributed by atoms with Crippen LogP contribution in [0.3, 0.4) is 0 Å². The number of anilines is 1. The molecule has 0 atom stereocenters. The molecule has 2 rings (SSSR count). The molecule has 4 heteroatoms. The number of nitrogens with two attached hydrogens (primary N) is 1. The summed E-state index contributed by atoms with van der Waals surface area (Å²) in [5.74, 6) is 2.45. The molecule has 0 bridgehead atoms. The molecule has 2 N–H and O–H groups in total. The van der Waals surface area contributed by atoms with E-state index in [0.29, 0.717) is 6.54 Å². The lowest BCUT2D eigenvalue weighted by Gasteiger charge is -2.29. The van der Waals surface area contributed by atoms with Crippen LogP contribution in [-0.4, -0.2) is 24.6 Å². The maximum atomic E-state index is 5.67. The summed E-state index contributed by atoms with van der Waals surface area (Å²) in [6, 6.07) is 6.46. The van der Waals surface area contributed by atoms with Gasteiger partial charge in [-0.1, -0.05) is 15.9 Å². The van der Waals surface area contributed by atoms with Gasteiger partial charge in [0.25, 0.3) is 0 Å². The minimum Gasteiger partial charge on any atom is -0.370 e.